The molecule has 0 saturated carbocycles. The van der Waals surface area contributed by atoms with E-state index in [1.54, 1.807) is 0 Å². The molecule has 0 saturated heterocycles. The Morgan fingerprint density at radius 1 is 1.35 bits per heavy atom. The molecule has 1 rings (SSSR count). The minimum atomic E-state index is -1.03. The third-order valence-corrected chi connectivity index (χ3v) is 3.22. The molecule has 0 aromatic heterocycles. The van der Waals surface area contributed by atoms with Crippen molar-refractivity contribution in [1.82, 2.24) is 10.2 Å². The number of nitrogens with zero attached hydrogens (tertiary/aromatic N) is 1. The van der Waals surface area contributed by atoms with Gasteiger partial charge in [-0.2, -0.15) is 0 Å². The van der Waals surface area contributed by atoms with Crippen LogP contribution >= 0.6 is 0 Å². The van der Waals surface area contributed by atoms with Crippen LogP contribution in [-0.2, 0) is 4.79 Å². The highest BCUT2D eigenvalue weighted by atomic mass is 19.1. The first-order chi connectivity index (χ1) is 9.49. The molecular weight excluding hydrogens is 264 g/mol. The number of hydrogen-bond acceptors (Lipinski definition) is 3. The molecule has 0 aliphatic rings. The number of likely N-dealkylation sites (N-methyl/N-ethyl adjacent to an activating group) is 1. The molecule has 0 spiro atoms. The van der Waals surface area contributed by atoms with Crippen molar-refractivity contribution in [1.29, 1.82) is 0 Å². The molecule has 0 aliphatic heterocycles. The average molecular weight is 285 g/mol. The first-order valence-electron chi connectivity index (χ1n) is 6.69. The average Bonchev–Trinajstić information content (AvgIpc) is 2.42. The van der Waals surface area contributed by atoms with Gasteiger partial charge in [0.1, 0.15) is 17.7 Å². The van der Waals surface area contributed by atoms with Crippen molar-refractivity contribution in [2.75, 3.05) is 26.2 Å². The minimum absolute atomic E-state index is 0.0583. The predicted octanol–water partition coefficient (Wildman–Crippen LogP) is 1.42. The first-order valence-corrected chi connectivity index (χ1v) is 6.69. The van der Waals surface area contributed by atoms with E-state index in [2.05, 4.69) is 10.2 Å². The maximum absolute atomic E-state index is 13.7. The number of primary amides is 1. The number of carbonyl (C=O) groups excluding carboxylic acids is 1. The lowest BCUT2D eigenvalue weighted by Gasteiger charge is -2.21. The number of benzene rings is 1. The zero-order chi connectivity index (χ0) is 15.1. The molecule has 0 fully saturated rings. The summed E-state index contributed by atoms with van der Waals surface area (Å²) in [6.07, 6.45) is 0. The van der Waals surface area contributed by atoms with Crippen LogP contribution in [0.5, 0.6) is 0 Å². The van der Waals surface area contributed by atoms with Gasteiger partial charge in [-0.05, 0) is 31.3 Å². The van der Waals surface area contributed by atoms with E-state index in [4.69, 9.17) is 5.73 Å². The highest BCUT2D eigenvalue weighted by Gasteiger charge is 2.21. The summed E-state index contributed by atoms with van der Waals surface area (Å²) < 4.78 is 26.8. The van der Waals surface area contributed by atoms with E-state index in [0.29, 0.717) is 13.1 Å². The van der Waals surface area contributed by atoms with Crippen molar-refractivity contribution >= 4 is 5.91 Å². The number of rotatable bonds is 8. The highest BCUT2D eigenvalue weighted by molar-refractivity contribution is 5.81. The number of carbonyl (C=O) groups is 1. The molecule has 112 valence electrons. The van der Waals surface area contributed by atoms with Gasteiger partial charge in [0.05, 0.1) is 0 Å². The Bertz CT molecular complexity index is 450. The third kappa shape index (κ3) is 4.54. The van der Waals surface area contributed by atoms with E-state index < -0.39 is 23.6 Å². The van der Waals surface area contributed by atoms with E-state index in [1.165, 1.54) is 0 Å². The van der Waals surface area contributed by atoms with Crippen LogP contribution in [0.4, 0.5) is 8.78 Å². The minimum Gasteiger partial charge on any atom is -0.368 e. The van der Waals surface area contributed by atoms with Gasteiger partial charge >= 0.3 is 0 Å². The van der Waals surface area contributed by atoms with Gasteiger partial charge < -0.3 is 16.0 Å². The van der Waals surface area contributed by atoms with Gasteiger partial charge in [-0.25, -0.2) is 8.78 Å². The SMILES string of the molecule is CCN(CC)CCNC(C(N)=O)c1cc(F)ccc1F. The monoisotopic (exact) mass is 285 g/mol. The molecule has 4 nitrogen and oxygen atoms in total. The van der Waals surface area contributed by atoms with Gasteiger partial charge in [-0.15, -0.1) is 0 Å². The van der Waals surface area contributed by atoms with Gasteiger partial charge in [-0.1, -0.05) is 13.8 Å². The largest absolute Gasteiger partial charge is 0.368 e. The van der Waals surface area contributed by atoms with Crippen LogP contribution in [0.15, 0.2) is 18.2 Å². The molecule has 1 atom stereocenters. The van der Waals surface area contributed by atoms with Crippen molar-refractivity contribution in [3.63, 3.8) is 0 Å². The van der Waals surface area contributed by atoms with Crippen molar-refractivity contribution in [3.05, 3.63) is 35.4 Å². The second-order valence-corrected chi connectivity index (χ2v) is 4.48. The van der Waals surface area contributed by atoms with Crippen LogP contribution < -0.4 is 11.1 Å². The normalized spacial score (nSPS) is 12.7. The van der Waals surface area contributed by atoms with Crippen LogP contribution in [0.3, 0.4) is 0 Å². The van der Waals surface area contributed by atoms with Crippen molar-refractivity contribution in [2.45, 2.75) is 19.9 Å². The number of halogens is 2. The fourth-order valence-corrected chi connectivity index (χ4v) is 2.01. The lowest BCUT2D eigenvalue weighted by atomic mass is 10.1. The number of nitrogens with one attached hydrogen (secondary N) is 1. The van der Waals surface area contributed by atoms with Gasteiger partial charge in [0, 0.05) is 18.7 Å². The highest BCUT2D eigenvalue weighted by Crippen LogP contribution is 2.18. The summed E-state index contributed by atoms with van der Waals surface area (Å²) in [5, 5.41) is 2.88. The summed E-state index contributed by atoms with van der Waals surface area (Å²) in [5.74, 6) is -1.97. The second kappa shape index (κ2) is 7.91. The molecule has 20 heavy (non-hydrogen) atoms. The van der Waals surface area contributed by atoms with Gasteiger partial charge in [0.25, 0.3) is 0 Å². The Labute approximate surface area is 117 Å². The molecule has 0 radical (unpaired) electrons. The Kier molecular flexibility index (Phi) is 6.54. The molecule has 6 heteroatoms. The molecular formula is C14H21F2N3O. The van der Waals surface area contributed by atoms with E-state index in [0.717, 1.165) is 31.3 Å². The molecule has 1 aromatic rings. The van der Waals surface area contributed by atoms with E-state index in [1.807, 2.05) is 13.8 Å². The lowest BCUT2D eigenvalue weighted by Crippen LogP contribution is -2.39. The van der Waals surface area contributed by atoms with Crippen LogP contribution in [-0.4, -0.2) is 37.0 Å². The first kappa shape index (κ1) is 16.5. The summed E-state index contributed by atoms with van der Waals surface area (Å²) >= 11 is 0. The zero-order valence-electron chi connectivity index (χ0n) is 11.8. The number of amides is 1. The molecule has 1 aromatic carbocycles. The van der Waals surface area contributed by atoms with Crippen LogP contribution in [0.1, 0.15) is 25.5 Å². The predicted molar refractivity (Wildman–Crippen MR) is 74.1 cm³/mol. The van der Waals surface area contributed by atoms with Gasteiger partial charge in [-0.3, -0.25) is 4.79 Å². The van der Waals surface area contributed by atoms with Gasteiger partial charge in [0.2, 0.25) is 5.91 Å². The second-order valence-electron chi connectivity index (χ2n) is 4.48. The molecule has 0 bridgehead atoms. The van der Waals surface area contributed by atoms with E-state index >= 15 is 0 Å². The number of nitrogens with two attached hydrogens (primary N) is 1. The summed E-state index contributed by atoms with van der Waals surface area (Å²) in [7, 11) is 0. The Morgan fingerprint density at radius 2 is 2.00 bits per heavy atom. The molecule has 1 amide bonds. The molecule has 1 unspecified atom stereocenters. The number of hydrogen-bond donors (Lipinski definition) is 2. The Hall–Kier alpha value is -1.53. The van der Waals surface area contributed by atoms with Crippen LogP contribution in [0.25, 0.3) is 0 Å². The summed E-state index contributed by atoms with van der Waals surface area (Å²) in [4.78, 5) is 13.6. The van der Waals surface area contributed by atoms with Crippen molar-refractivity contribution in [3.8, 4) is 0 Å². The fourth-order valence-electron chi connectivity index (χ4n) is 2.01. The lowest BCUT2D eigenvalue weighted by molar-refractivity contribution is -0.120. The summed E-state index contributed by atoms with van der Waals surface area (Å²) in [5.41, 5.74) is 5.21. The topological polar surface area (TPSA) is 58.4 Å². The molecule has 0 aliphatic carbocycles. The molecule has 3 N–H and O–H groups in total. The maximum atomic E-state index is 13.7. The van der Waals surface area contributed by atoms with E-state index in [9.17, 15) is 13.6 Å². The van der Waals surface area contributed by atoms with E-state index in [-0.39, 0.29) is 5.56 Å². The molecule has 0 heterocycles. The maximum Gasteiger partial charge on any atom is 0.239 e. The third-order valence-electron chi connectivity index (χ3n) is 3.22. The van der Waals surface area contributed by atoms with Gasteiger partial charge in [0.15, 0.2) is 0 Å². The Morgan fingerprint density at radius 3 is 2.55 bits per heavy atom. The van der Waals surface area contributed by atoms with Crippen molar-refractivity contribution in [2.24, 2.45) is 5.73 Å². The van der Waals surface area contributed by atoms with Crippen molar-refractivity contribution < 1.29 is 13.6 Å². The standard InChI is InChI=1S/C14H21F2N3O/c1-3-19(4-2)8-7-18-13(14(17)20)11-9-10(15)5-6-12(11)16/h5-6,9,13,18H,3-4,7-8H2,1-2H3,(H2,17,20). The summed E-state index contributed by atoms with van der Waals surface area (Å²) in [6.45, 7) is 6.99. The quantitative estimate of drug-likeness (QED) is 0.759. The van der Waals surface area contributed by atoms with Crippen LogP contribution in [0, 0.1) is 11.6 Å². The van der Waals surface area contributed by atoms with Crippen LogP contribution in [0.2, 0.25) is 0 Å². The zero-order valence-corrected chi connectivity index (χ0v) is 11.8. The summed E-state index contributed by atoms with van der Waals surface area (Å²) in [6, 6.07) is 1.97. The smallest absolute Gasteiger partial charge is 0.239 e. The Balaban J connectivity index is 2.75. The fraction of sp³-hybridized carbons (Fsp3) is 0.500.